The molecule has 2 unspecified atom stereocenters. The summed E-state index contributed by atoms with van der Waals surface area (Å²) in [5.41, 5.74) is 1.09. The van der Waals surface area contributed by atoms with Gasteiger partial charge < -0.3 is 0 Å². The van der Waals surface area contributed by atoms with E-state index in [1.54, 1.807) is 12.5 Å². The van der Waals surface area contributed by atoms with Crippen LogP contribution < -0.4 is 0 Å². The summed E-state index contributed by atoms with van der Waals surface area (Å²) in [6.07, 6.45) is 4.46. The van der Waals surface area contributed by atoms with Crippen molar-refractivity contribution in [2.45, 2.75) is 31.0 Å². The van der Waals surface area contributed by atoms with Crippen molar-refractivity contribution in [3.63, 3.8) is 0 Å². The van der Waals surface area contributed by atoms with Crippen molar-refractivity contribution in [2.75, 3.05) is 0 Å². The van der Waals surface area contributed by atoms with E-state index in [4.69, 9.17) is 0 Å². The van der Waals surface area contributed by atoms with Gasteiger partial charge in [-0.15, -0.1) is 0 Å². The Bertz CT molecular complexity index is 276. The monoisotopic (exact) mass is 306 g/mol. The van der Waals surface area contributed by atoms with Gasteiger partial charge in [-0.05, 0) is 22.4 Å². The minimum absolute atomic E-state index is 0.434. The molecule has 1 rings (SSSR count). The van der Waals surface area contributed by atoms with Crippen molar-refractivity contribution in [1.29, 1.82) is 0 Å². The Morgan fingerprint density at radius 1 is 1.54 bits per heavy atom. The molecule has 0 spiro atoms. The van der Waals surface area contributed by atoms with Gasteiger partial charge in [0.2, 0.25) is 0 Å². The summed E-state index contributed by atoms with van der Waals surface area (Å²) in [4.78, 5) is 8.66. The van der Waals surface area contributed by atoms with Crippen LogP contribution in [-0.2, 0) is 0 Å². The largest absolute Gasteiger partial charge is 0.244 e. The molecule has 0 aliphatic carbocycles. The Morgan fingerprint density at radius 3 is 2.69 bits per heavy atom. The fraction of sp³-hybridized carbons (Fsp3) is 0.556. The fourth-order valence-corrected chi connectivity index (χ4v) is 2.47. The highest BCUT2D eigenvalue weighted by atomic mass is 79.9. The number of rotatable bonds is 3. The molecule has 1 aromatic heterocycles. The Hall–Kier alpha value is 0.0400. The average Bonchev–Trinajstić information content (AvgIpc) is 2.09. The smallest absolute Gasteiger partial charge is 0.115 e. The third-order valence-electron chi connectivity index (χ3n) is 2.04. The van der Waals surface area contributed by atoms with Crippen LogP contribution in [0.25, 0.3) is 0 Å². The summed E-state index contributed by atoms with van der Waals surface area (Å²) >= 11 is 7.05. The normalized spacial score (nSPS) is 15.4. The van der Waals surface area contributed by atoms with Gasteiger partial charge in [0.1, 0.15) is 6.33 Å². The van der Waals surface area contributed by atoms with Gasteiger partial charge in [-0.25, -0.2) is 9.97 Å². The number of alkyl halides is 1. The van der Waals surface area contributed by atoms with Crippen molar-refractivity contribution >= 4 is 31.9 Å². The lowest BCUT2D eigenvalue weighted by molar-refractivity contribution is 0.637. The van der Waals surface area contributed by atoms with E-state index in [0.29, 0.717) is 10.7 Å². The first-order chi connectivity index (χ1) is 6.16. The Morgan fingerprint density at radius 2 is 2.23 bits per heavy atom. The molecule has 0 saturated carbocycles. The van der Waals surface area contributed by atoms with Crippen LogP contribution in [0.5, 0.6) is 0 Å². The first kappa shape index (κ1) is 11.1. The van der Waals surface area contributed by atoms with Crippen LogP contribution in [0.4, 0.5) is 0 Å². The van der Waals surface area contributed by atoms with Crippen LogP contribution in [0.2, 0.25) is 0 Å². The van der Waals surface area contributed by atoms with Crippen LogP contribution in [0.15, 0.2) is 17.0 Å². The molecule has 0 aromatic carbocycles. The second kappa shape index (κ2) is 5.05. The van der Waals surface area contributed by atoms with E-state index >= 15 is 0 Å². The van der Waals surface area contributed by atoms with Crippen LogP contribution in [0.3, 0.4) is 0 Å². The van der Waals surface area contributed by atoms with E-state index < -0.39 is 0 Å². The van der Waals surface area contributed by atoms with E-state index in [1.807, 2.05) is 0 Å². The van der Waals surface area contributed by atoms with Gasteiger partial charge >= 0.3 is 0 Å². The molecular weight excluding hydrogens is 296 g/mol. The van der Waals surface area contributed by atoms with Gasteiger partial charge in [-0.3, -0.25) is 0 Å². The zero-order valence-electron chi connectivity index (χ0n) is 7.67. The molecule has 13 heavy (non-hydrogen) atoms. The average molecular weight is 308 g/mol. The third-order valence-corrected chi connectivity index (χ3v) is 3.29. The fourth-order valence-electron chi connectivity index (χ4n) is 1.33. The lowest BCUT2D eigenvalue weighted by Crippen LogP contribution is -2.10. The third kappa shape index (κ3) is 2.74. The zero-order valence-corrected chi connectivity index (χ0v) is 10.8. The standard InChI is InChI=1S/C9H12Br2N2/c1-3-7(6(2)10)9-8(11)4-12-5-13-9/h4-7H,3H2,1-2H3. The Kier molecular flexibility index (Phi) is 4.32. The molecule has 72 valence electrons. The molecule has 0 aliphatic heterocycles. The van der Waals surface area contributed by atoms with Crippen molar-refractivity contribution in [2.24, 2.45) is 0 Å². The maximum Gasteiger partial charge on any atom is 0.115 e. The molecule has 1 aromatic rings. The number of nitrogens with zero attached hydrogens (tertiary/aromatic N) is 2. The highest BCUT2D eigenvalue weighted by Crippen LogP contribution is 2.30. The van der Waals surface area contributed by atoms with E-state index in [-0.39, 0.29) is 0 Å². The first-order valence-electron chi connectivity index (χ1n) is 4.26. The quantitative estimate of drug-likeness (QED) is 0.799. The number of halogens is 2. The zero-order chi connectivity index (χ0) is 9.84. The molecule has 0 radical (unpaired) electrons. The highest BCUT2D eigenvalue weighted by Gasteiger charge is 2.18. The van der Waals surface area contributed by atoms with Crippen molar-refractivity contribution < 1.29 is 0 Å². The summed E-state index contributed by atoms with van der Waals surface area (Å²) < 4.78 is 0.994. The SMILES string of the molecule is CCC(c1ncncc1Br)C(C)Br. The van der Waals surface area contributed by atoms with Crippen molar-refractivity contribution in [3.05, 3.63) is 22.7 Å². The van der Waals surface area contributed by atoms with Crippen LogP contribution >= 0.6 is 31.9 Å². The van der Waals surface area contributed by atoms with Crippen LogP contribution in [-0.4, -0.2) is 14.8 Å². The molecule has 0 fully saturated rings. The van der Waals surface area contributed by atoms with E-state index in [0.717, 1.165) is 16.6 Å². The van der Waals surface area contributed by atoms with Crippen LogP contribution in [0.1, 0.15) is 31.9 Å². The first-order valence-corrected chi connectivity index (χ1v) is 5.97. The summed E-state index contributed by atoms with van der Waals surface area (Å²) in [5.74, 6) is 0.442. The summed E-state index contributed by atoms with van der Waals surface area (Å²) in [7, 11) is 0. The molecule has 4 heteroatoms. The Balaban J connectivity index is 2.97. The second-order valence-electron chi connectivity index (χ2n) is 2.95. The minimum atomic E-state index is 0.434. The molecule has 0 aliphatic rings. The van der Waals surface area contributed by atoms with Gasteiger partial charge in [0.25, 0.3) is 0 Å². The molecule has 0 bridgehead atoms. The predicted molar refractivity (Wildman–Crippen MR) is 61.2 cm³/mol. The van der Waals surface area contributed by atoms with Gasteiger partial charge in [0.15, 0.2) is 0 Å². The van der Waals surface area contributed by atoms with E-state index in [2.05, 4.69) is 55.7 Å². The van der Waals surface area contributed by atoms with E-state index in [1.165, 1.54) is 0 Å². The van der Waals surface area contributed by atoms with E-state index in [9.17, 15) is 0 Å². The van der Waals surface area contributed by atoms with Crippen LogP contribution in [0, 0.1) is 0 Å². The highest BCUT2D eigenvalue weighted by molar-refractivity contribution is 9.10. The van der Waals surface area contributed by atoms with Crippen molar-refractivity contribution in [1.82, 2.24) is 9.97 Å². The Labute approximate surface area is 95.4 Å². The topological polar surface area (TPSA) is 25.8 Å². The molecule has 0 N–H and O–H groups in total. The molecule has 1 heterocycles. The maximum atomic E-state index is 4.28. The molecule has 0 amide bonds. The minimum Gasteiger partial charge on any atom is -0.244 e. The molecule has 2 atom stereocenters. The predicted octanol–water partition coefficient (Wildman–Crippen LogP) is 3.52. The molecular formula is C9H12Br2N2. The number of hydrogen-bond donors (Lipinski definition) is 0. The van der Waals surface area contributed by atoms with Gasteiger partial charge in [0.05, 0.1) is 10.2 Å². The number of hydrogen-bond acceptors (Lipinski definition) is 2. The summed E-state index contributed by atoms with van der Waals surface area (Å²) in [6.45, 7) is 4.31. The lowest BCUT2D eigenvalue weighted by atomic mass is 9.99. The summed E-state index contributed by atoms with van der Waals surface area (Å²) in [6, 6.07) is 0. The second-order valence-corrected chi connectivity index (χ2v) is 5.25. The molecule has 2 nitrogen and oxygen atoms in total. The number of aromatic nitrogens is 2. The van der Waals surface area contributed by atoms with Gasteiger partial charge in [0, 0.05) is 16.9 Å². The summed E-state index contributed by atoms with van der Waals surface area (Å²) in [5, 5.41) is 0. The van der Waals surface area contributed by atoms with Crippen molar-refractivity contribution in [3.8, 4) is 0 Å². The van der Waals surface area contributed by atoms with Gasteiger partial charge in [-0.2, -0.15) is 0 Å². The lowest BCUT2D eigenvalue weighted by Gasteiger charge is -2.17. The molecule has 0 saturated heterocycles. The van der Waals surface area contributed by atoms with Gasteiger partial charge in [-0.1, -0.05) is 29.8 Å². The maximum absolute atomic E-state index is 4.28.